The monoisotopic (exact) mass is 381 g/mol. The van der Waals surface area contributed by atoms with Crippen molar-refractivity contribution in [3.8, 4) is 11.3 Å². The van der Waals surface area contributed by atoms with Crippen molar-refractivity contribution in [3.05, 3.63) is 102 Å². The summed E-state index contributed by atoms with van der Waals surface area (Å²) in [6, 6.07) is 25.9. The first-order valence-corrected chi connectivity index (χ1v) is 9.34. The highest BCUT2D eigenvalue weighted by Gasteiger charge is 2.17. The molecule has 3 aromatic carbocycles. The summed E-state index contributed by atoms with van der Waals surface area (Å²) in [5, 5.41) is 0.695. The van der Waals surface area contributed by atoms with Gasteiger partial charge in [-0.15, -0.1) is 0 Å². The van der Waals surface area contributed by atoms with Crippen LogP contribution in [0, 0.1) is 6.92 Å². The van der Waals surface area contributed by atoms with E-state index in [1.165, 1.54) is 0 Å². The Morgan fingerprint density at radius 3 is 2.31 bits per heavy atom. The Morgan fingerprint density at radius 2 is 1.55 bits per heavy atom. The van der Waals surface area contributed by atoms with Crippen molar-refractivity contribution in [2.75, 3.05) is 6.61 Å². The van der Waals surface area contributed by atoms with Crippen molar-refractivity contribution >= 4 is 22.7 Å². The third kappa shape index (κ3) is 4.06. The van der Waals surface area contributed by atoms with Crippen LogP contribution >= 0.6 is 0 Å². The number of ether oxygens (including phenoxy) is 1. The van der Waals surface area contributed by atoms with Crippen LogP contribution in [0.3, 0.4) is 0 Å². The summed E-state index contributed by atoms with van der Waals surface area (Å²) in [4.78, 5) is 29.8. The summed E-state index contributed by atoms with van der Waals surface area (Å²) in [6.45, 7) is 1.71. The first kappa shape index (κ1) is 18.6. The van der Waals surface area contributed by atoms with Crippen molar-refractivity contribution < 1.29 is 14.3 Å². The lowest BCUT2D eigenvalue weighted by atomic mass is 10.0. The van der Waals surface area contributed by atoms with Crippen LogP contribution in [0.25, 0.3) is 22.2 Å². The molecule has 1 aromatic heterocycles. The normalized spacial score (nSPS) is 10.7. The van der Waals surface area contributed by atoms with Crippen molar-refractivity contribution in [2.24, 2.45) is 0 Å². The van der Waals surface area contributed by atoms with E-state index in [0.717, 1.165) is 11.1 Å². The van der Waals surface area contributed by atoms with E-state index < -0.39 is 5.97 Å². The molecule has 0 saturated heterocycles. The van der Waals surface area contributed by atoms with Crippen molar-refractivity contribution in [1.29, 1.82) is 0 Å². The minimum Gasteiger partial charge on any atom is -0.454 e. The largest absolute Gasteiger partial charge is 0.454 e. The number of Topliss-reactive ketones (excluding diaryl/α,β-unsaturated/α-hetero) is 1. The van der Waals surface area contributed by atoms with Gasteiger partial charge in [-0.1, -0.05) is 78.4 Å². The Labute approximate surface area is 168 Å². The fourth-order valence-electron chi connectivity index (χ4n) is 3.13. The Bertz CT molecular complexity index is 1180. The number of rotatable bonds is 5. The molecule has 4 rings (SSSR count). The molecule has 0 atom stereocenters. The number of para-hydroxylation sites is 1. The third-order valence-electron chi connectivity index (χ3n) is 4.71. The summed E-state index contributed by atoms with van der Waals surface area (Å²) in [6.07, 6.45) is 0. The van der Waals surface area contributed by atoms with E-state index in [1.54, 1.807) is 30.3 Å². The highest BCUT2D eigenvalue weighted by atomic mass is 16.5. The molecule has 0 amide bonds. The molecule has 0 N–H and O–H groups in total. The van der Waals surface area contributed by atoms with Gasteiger partial charge in [-0.2, -0.15) is 0 Å². The second-order valence-corrected chi connectivity index (χ2v) is 6.80. The van der Waals surface area contributed by atoms with Gasteiger partial charge in [-0.05, 0) is 19.1 Å². The van der Waals surface area contributed by atoms with Gasteiger partial charge in [-0.3, -0.25) is 4.79 Å². The number of ketones is 1. The second kappa shape index (κ2) is 8.07. The van der Waals surface area contributed by atoms with E-state index in [9.17, 15) is 9.59 Å². The van der Waals surface area contributed by atoms with Crippen molar-refractivity contribution in [3.63, 3.8) is 0 Å². The Kier molecular flexibility index (Phi) is 5.16. The predicted octanol–water partition coefficient (Wildman–Crippen LogP) is 5.25. The summed E-state index contributed by atoms with van der Waals surface area (Å²) >= 11 is 0. The van der Waals surface area contributed by atoms with Crippen molar-refractivity contribution in [2.45, 2.75) is 6.92 Å². The molecule has 4 nitrogen and oxygen atoms in total. The molecule has 142 valence electrons. The number of carbonyl (C=O) groups is 2. The fourth-order valence-corrected chi connectivity index (χ4v) is 3.13. The number of pyridine rings is 1. The number of carbonyl (C=O) groups excluding carboxylic acids is 2. The summed E-state index contributed by atoms with van der Waals surface area (Å²) in [5.74, 6) is -0.780. The molecule has 0 aliphatic carbocycles. The van der Waals surface area contributed by atoms with Gasteiger partial charge >= 0.3 is 5.97 Å². The SMILES string of the molecule is Cc1ccc(-c2cc(C(=O)OCC(=O)c3ccccc3)c3ccccc3n2)cc1. The molecule has 29 heavy (non-hydrogen) atoms. The maximum Gasteiger partial charge on any atom is 0.339 e. The van der Waals surface area contributed by atoms with Gasteiger partial charge in [0.15, 0.2) is 12.4 Å². The zero-order valence-electron chi connectivity index (χ0n) is 16.0. The van der Waals surface area contributed by atoms with E-state index >= 15 is 0 Å². The zero-order valence-corrected chi connectivity index (χ0v) is 16.0. The Morgan fingerprint density at radius 1 is 0.862 bits per heavy atom. The average Bonchev–Trinajstić information content (AvgIpc) is 2.77. The van der Waals surface area contributed by atoms with Crippen LogP contribution in [-0.4, -0.2) is 23.3 Å². The molecule has 4 heteroatoms. The van der Waals surface area contributed by atoms with Gasteiger partial charge in [0.2, 0.25) is 0 Å². The van der Waals surface area contributed by atoms with Gasteiger partial charge < -0.3 is 4.74 Å². The maximum absolute atomic E-state index is 12.8. The summed E-state index contributed by atoms with van der Waals surface area (Å²) < 4.78 is 5.35. The van der Waals surface area contributed by atoms with Gasteiger partial charge in [0, 0.05) is 16.5 Å². The zero-order chi connectivity index (χ0) is 20.2. The van der Waals surface area contributed by atoms with Crippen LogP contribution in [0.2, 0.25) is 0 Å². The summed E-state index contributed by atoms with van der Waals surface area (Å²) in [7, 11) is 0. The van der Waals surface area contributed by atoms with Gasteiger partial charge in [0.1, 0.15) is 0 Å². The lowest BCUT2D eigenvalue weighted by Crippen LogP contribution is -2.14. The fraction of sp³-hybridized carbons (Fsp3) is 0.0800. The van der Waals surface area contributed by atoms with Gasteiger partial charge in [-0.25, -0.2) is 9.78 Å². The molecular weight excluding hydrogens is 362 g/mol. The van der Waals surface area contributed by atoms with Crippen LogP contribution in [0.15, 0.2) is 84.9 Å². The second-order valence-electron chi connectivity index (χ2n) is 6.80. The number of esters is 1. The molecule has 1 heterocycles. The summed E-state index contributed by atoms with van der Waals surface area (Å²) in [5.41, 5.74) is 4.36. The number of nitrogens with zero attached hydrogens (tertiary/aromatic N) is 1. The van der Waals surface area contributed by atoms with Crippen molar-refractivity contribution in [1.82, 2.24) is 4.98 Å². The molecule has 0 aliphatic rings. The topological polar surface area (TPSA) is 56.3 Å². The van der Waals surface area contributed by atoms with Crippen LogP contribution in [0.4, 0.5) is 0 Å². The molecule has 0 unspecified atom stereocenters. The Hall–Kier alpha value is -3.79. The van der Waals surface area contributed by atoms with E-state index in [4.69, 9.17) is 4.74 Å². The lowest BCUT2D eigenvalue weighted by Gasteiger charge is -2.10. The number of fused-ring (bicyclic) bond motifs is 1. The molecule has 0 fully saturated rings. The smallest absolute Gasteiger partial charge is 0.339 e. The highest BCUT2D eigenvalue weighted by Crippen LogP contribution is 2.25. The molecule has 4 aromatic rings. The van der Waals surface area contributed by atoms with E-state index in [-0.39, 0.29) is 12.4 Å². The molecule has 0 bridgehead atoms. The highest BCUT2D eigenvalue weighted by molar-refractivity contribution is 6.06. The Balaban J connectivity index is 1.65. The maximum atomic E-state index is 12.8. The standard InChI is InChI=1S/C25H19NO3/c1-17-11-13-18(14-12-17)23-15-21(20-9-5-6-10-22(20)26-23)25(28)29-16-24(27)19-7-3-2-4-8-19/h2-15H,16H2,1H3. The van der Waals surface area contributed by atoms with Gasteiger partial charge in [0.25, 0.3) is 0 Å². The number of aromatic nitrogens is 1. The first-order valence-electron chi connectivity index (χ1n) is 9.34. The first-order chi connectivity index (χ1) is 14.1. The minimum absolute atomic E-state index is 0.240. The molecule has 0 radical (unpaired) electrons. The van der Waals surface area contributed by atoms with Crippen LogP contribution < -0.4 is 0 Å². The number of hydrogen-bond donors (Lipinski definition) is 0. The molecule has 0 aliphatic heterocycles. The molecule has 0 spiro atoms. The average molecular weight is 381 g/mol. The predicted molar refractivity (Wildman–Crippen MR) is 113 cm³/mol. The van der Waals surface area contributed by atoms with E-state index in [0.29, 0.717) is 27.7 Å². The quantitative estimate of drug-likeness (QED) is 0.350. The van der Waals surface area contributed by atoms with Crippen LogP contribution in [0.5, 0.6) is 0 Å². The van der Waals surface area contributed by atoms with Gasteiger partial charge in [0.05, 0.1) is 16.8 Å². The number of aryl methyl sites for hydroxylation is 1. The lowest BCUT2D eigenvalue weighted by molar-refractivity contribution is 0.0476. The van der Waals surface area contributed by atoms with Crippen LogP contribution in [-0.2, 0) is 4.74 Å². The van der Waals surface area contributed by atoms with E-state index in [1.807, 2.05) is 61.5 Å². The van der Waals surface area contributed by atoms with E-state index in [2.05, 4.69) is 4.98 Å². The van der Waals surface area contributed by atoms with Crippen LogP contribution in [0.1, 0.15) is 26.3 Å². The number of benzene rings is 3. The number of hydrogen-bond acceptors (Lipinski definition) is 4. The third-order valence-corrected chi connectivity index (χ3v) is 4.71. The minimum atomic E-state index is -0.541. The molecular formula is C25H19NO3. The molecule has 0 saturated carbocycles.